The molecule has 0 saturated heterocycles. The monoisotopic (exact) mass is 284 g/mol. The van der Waals surface area contributed by atoms with Crippen LogP contribution in [0.5, 0.6) is 0 Å². The van der Waals surface area contributed by atoms with Gasteiger partial charge in [0.05, 0.1) is 6.61 Å². The summed E-state index contributed by atoms with van der Waals surface area (Å²) in [6.07, 6.45) is 6.22. The first kappa shape index (κ1) is 16.0. The molecule has 1 unspecified atom stereocenters. The summed E-state index contributed by atoms with van der Waals surface area (Å²) < 4.78 is 4.92. The molecule has 0 aliphatic carbocycles. The van der Waals surface area contributed by atoms with Gasteiger partial charge in [-0.15, -0.1) is 11.3 Å². The van der Waals surface area contributed by atoms with Crippen molar-refractivity contribution in [1.82, 2.24) is 4.98 Å². The highest BCUT2D eigenvalue weighted by molar-refractivity contribution is 7.13. The van der Waals surface area contributed by atoms with Crippen molar-refractivity contribution in [2.45, 2.75) is 58.9 Å². The first-order valence-corrected chi connectivity index (χ1v) is 7.94. The summed E-state index contributed by atoms with van der Waals surface area (Å²) in [7, 11) is 0. The summed E-state index contributed by atoms with van der Waals surface area (Å²) in [5, 5.41) is 5.87. The summed E-state index contributed by atoms with van der Waals surface area (Å²) in [5.41, 5.74) is 0.396. The smallest absolute Gasteiger partial charge is 0.357 e. The second-order valence-corrected chi connectivity index (χ2v) is 5.51. The zero-order chi connectivity index (χ0) is 14.1. The van der Waals surface area contributed by atoms with E-state index in [0.717, 1.165) is 11.6 Å². The molecule has 1 N–H and O–H groups in total. The average Bonchev–Trinajstić information content (AvgIpc) is 2.83. The topological polar surface area (TPSA) is 51.2 Å². The second kappa shape index (κ2) is 8.91. The van der Waals surface area contributed by atoms with E-state index in [0.29, 0.717) is 18.3 Å². The lowest BCUT2D eigenvalue weighted by molar-refractivity contribution is 0.0520. The van der Waals surface area contributed by atoms with Gasteiger partial charge in [-0.05, 0) is 20.3 Å². The number of aromatic nitrogens is 1. The Bertz CT molecular complexity index is 379. The van der Waals surface area contributed by atoms with Gasteiger partial charge >= 0.3 is 5.97 Å². The molecule has 0 radical (unpaired) electrons. The number of nitrogens with zero attached hydrogens (tertiary/aromatic N) is 1. The molecule has 0 aliphatic rings. The van der Waals surface area contributed by atoms with Gasteiger partial charge in [0, 0.05) is 11.4 Å². The summed E-state index contributed by atoms with van der Waals surface area (Å²) in [6, 6.07) is 0.387. The van der Waals surface area contributed by atoms with Crippen LogP contribution in [0.15, 0.2) is 5.38 Å². The van der Waals surface area contributed by atoms with Gasteiger partial charge in [0.25, 0.3) is 0 Å². The lowest BCUT2D eigenvalue weighted by Gasteiger charge is -2.12. The van der Waals surface area contributed by atoms with Crippen molar-refractivity contribution in [2.24, 2.45) is 0 Å². The van der Waals surface area contributed by atoms with Crippen LogP contribution < -0.4 is 5.32 Å². The zero-order valence-corrected chi connectivity index (χ0v) is 12.9. The summed E-state index contributed by atoms with van der Waals surface area (Å²) in [5.74, 6) is -0.345. The standard InChI is InChI=1S/C14H24N2O2S/c1-4-6-7-8-9-11(3)15-14-16-12(10-19-14)13(17)18-5-2/h10-11H,4-9H2,1-3H3,(H,15,16). The molecule has 5 heteroatoms. The number of thiazole rings is 1. The van der Waals surface area contributed by atoms with Crippen LogP contribution in [0.4, 0.5) is 5.13 Å². The summed E-state index contributed by atoms with van der Waals surface area (Å²) in [6.45, 7) is 6.54. The molecule has 0 bridgehead atoms. The molecule has 0 aliphatic heterocycles. The molecule has 0 spiro atoms. The molecule has 0 aromatic carbocycles. The number of ether oxygens (including phenoxy) is 1. The maximum atomic E-state index is 11.5. The molecule has 1 heterocycles. The Labute approximate surface area is 119 Å². The second-order valence-electron chi connectivity index (χ2n) is 4.65. The molecular weight excluding hydrogens is 260 g/mol. The number of unbranched alkanes of at least 4 members (excludes halogenated alkanes) is 3. The molecule has 1 aromatic heterocycles. The predicted octanol–water partition coefficient (Wildman–Crippen LogP) is 4.09. The molecule has 4 nitrogen and oxygen atoms in total. The minimum absolute atomic E-state index is 0.345. The van der Waals surface area contributed by atoms with Crippen LogP contribution in [-0.2, 0) is 4.74 Å². The third kappa shape index (κ3) is 6.05. The Hall–Kier alpha value is -1.10. The molecule has 108 valence electrons. The zero-order valence-electron chi connectivity index (χ0n) is 12.1. The molecule has 0 amide bonds. The summed E-state index contributed by atoms with van der Waals surface area (Å²) >= 11 is 1.45. The van der Waals surface area contributed by atoms with Crippen LogP contribution in [0.25, 0.3) is 0 Å². The van der Waals surface area contributed by atoms with E-state index in [1.807, 2.05) is 0 Å². The maximum absolute atomic E-state index is 11.5. The van der Waals surface area contributed by atoms with Gasteiger partial charge in [-0.1, -0.05) is 32.6 Å². The summed E-state index contributed by atoms with van der Waals surface area (Å²) in [4.78, 5) is 15.7. The molecule has 19 heavy (non-hydrogen) atoms. The lowest BCUT2D eigenvalue weighted by atomic mass is 10.1. The predicted molar refractivity (Wildman–Crippen MR) is 79.9 cm³/mol. The number of nitrogens with one attached hydrogen (secondary N) is 1. The third-order valence-corrected chi connectivity index (χ3v) is 3.62. The van der Waals surface area contributed by atoms with E-state index in [1.165, 1.54) is 37.0 Å². The van der Waals surface area contributed by atoms with E-state index in [9.17, 15) is 4.79 Å². The molecule has 1 atom stereocenters. The van der Waals surface area contributed by atoms with Crippen molar-refractivity contribution < 1.29 is 9.53 Å². The number of carbonyl (C=O) groups excluding carboxylic acids is 1. The Morgan fingerprint density at radius 2 is 2.21 bits per heavy atom. The van der Waals surface area contributed by atoms with E-state index in [4.69, 9.17) is 4.74 Å². The van der Waals surface area contributed by atoms with E-state index < -0.39 is 0 Å². The fourth-order valence-corrected chi connectivity index (χ4v) is 2.59. The Morgan fingerprint density at radius 1 is 1.42 bits per heavy atom. The van der Waals surface area contributed by atoms with Crippen molar-refractivity contribution >= 4 is 22.4 Å². The van der Waals surface area contributed by atoms with Gasteiger partial charge in [0.15, 0.2) is 10.8 Å². The van der Waals surface area contributed by atoms with Crippen molar-refractivity contribution in [3.63, 3.8) is 0 Å². The van der Waals surface area contributed by atoms with E-state index in [2.05, 4.69) is 24.1 Å². The quantitative estimate of drug-likeness (QED) is 0.548. The fraction of sp³-hybridized carbons (Fsp3) is 0.714. The fourth-order valence-electron chi connectivity index (χ4n) is 1.80. The molecular formula is C14H24N2O2S. The van der Waals surface area contributed by atoms with Gasteiger partial charge in [-0.2, -0.15) is 0 Å². The molecule has 1 rings (SSSR count). The van der Waals surface area contributed by atoms with E-state index in [-0.39, 0.29) is 5.97 Å². The van der Waals surface area contributed by atoms with Gasteiger partial charge in [-0.3, -0.25) is 0 Å². The first-order valence-electron chi connectivity index (χ1n) is 7.06. The number of anilines is 1. The number of hydrogen-bond acceptors (Lipinski definition) is 5. The first-order chi connectivity index (χ1) is 9.17. The van der Waals surface area contributed by atoms with Crippen LogP contribution in [0.3, 0.4) is 0 Å². The number of esters is 1. The van der Waals surface area contributed by atoms with Crippen molar-refractivity contribution in [3.8, 4) is 0 Å². The lowest BCUT2D eigenvalue weighted by Crippen LogP contribution is -2.15. The van der Waals surface area contributed by atoms with Gasteiger partial charge < -0.3 is 10.1 Å². The third-order valence-electron chi connectivity index (χ3n) is 2.85. The maximum Gasteiger partial charge on any atom is 0.357 e. The number of rotatable bonds is 9. The Morgan fingerprint density at radius 3 is 2.89 bits per heavy atom. The van der Waals surface area contributed by atoms with Crippen LogP contribution in [0.1, 0.15) is 63.4 Å². The normalized spacial score (nSPS) is 12.2. The van der Waals surface area contributed by atoms with Gasteiger partial charge in [0.2, 0.25) is 0 Å². The van der Waals surface area contributed by atoms with Crippen LogP contribution >= 0.6 is 11.3 Å². The van der Waals surface area contributed by atoms with Crippen LogP contribution in [-0.4, -0.2) is 23.6 Å². The van der Waals surface area contributed by atoms with Crippen molar-refractivity contribution in [3.05, 3.63) is 11.1 Å². The highest BCUT2D eigenvalue weighted by Gasteiger charge is 2.12. The Kier molecular flexibility index (Phi) is 7.48. The SMILES string of the molecule is CCCCCCC(C)Nc1nc(C(=O)OCC)cs1. The number of hydrogen-bond donors (Lipinski definition) is 1. The van der Waals surface area contributed by atoms with E-state index >= 15 is 0 Å². The molecule has 0 fully saturated rings. The van der Waals surface area contributed by atoms with Crippen LogP contribution in [0.2, 0.25) is 0 Å². The minimum atomic E-state index is -0.345. The van der Waals surface area contributed by atoms with Gasteiger partial charge in [-0.25, -0.2) is 9.78 Å². The minimum Gasteiger partial charge on any atom is -0.461 e. The van der Waals surface area contributed by atoms with Gasteiger partial charge in [0.1, 0.15) is 0 Å². The van der Waals surface area contributed by atoms with Crippen molar-refractivity contribution in [2.75, 3.05) is 11.9 Å². The Balaban J connectivity index is 2.34. The molecule has 1 aromatic rings. The average molecular weight is 284 g/mol. The van der Waals surface area contributed by atoms with Crippen molar-refractivity contribution in [1.29, 1.82) is 0 Å². The van der Waals surface area contributed by atoms with Crippen LogP contribution in [0, 0.1) is 0 Å². The highest BCUT2D eigenvalue weighted by Crippen LogP contribution is 2.18. The number of carbonyl (C=O) groups is 1. The highest BCUT2D eigenvalue weighted by atomic mass is 32.1. The molecule has 0 saturated carbocycles. The largest absolute Gasteiger partial charge is 0.461 e. The van der Waals surface area contributed by atoms with E-state index in [1.54, 1.807) is 12.3 Å².